The van der Waals surface area contributed by atoms with Gasteiger partial charge in [-0.1, -0.05) is 69.3 Å². The van der Waals surface area contributed by atoms with Gasteiger partial charge in [-0.3, -0.25) is 28.8 Å². The Labute approximate surface area is 477 Å². The minimum Gasteiger partial charge on any atom is -0.462 e. The Bertz CT molecular complexity index is 2520. The molecule has 5 aliphatic rings. The summed E-state index contributed by atoms with van der Waals surface area (Å²) in [7, 11) is 0. The Morgan fingerprint density at radius 2 is 1.11 bits per heavy atom. The minimum atomic E-state index is -1.43. The molecule has 0 aromatic heterocycles. The van der Waals surface area contributed by atoms with Crippen LogP contribution in [0.15, 0.2) is 48.5 Å². The first kappa shape index (κ1) is 62.3. The lowest BCUT2D eigenvalue weighted by Gasteiger charge is -2.61. The highest BCUT2D eigenvalue weighted by atomic mass is 16.6. The first-order valence-corrected chi connectivity index (χ1v) is 29.9. The molecule has 14 heteroatoms. The van der Waals surface area contributed by atoms with Crippen molar-refractivity contribution in [3.63, 3.8) is 0 Å². The highest BCUT2D eigenvalue weighted by Crippen LogP contribution is 2.68. The largest absolute Gasteiger partial charge is 0.462 e. The molecule has 14 nitrogen and oxygen atoms in total. The predicted octanol–water partition coefficient (Wildman–Crippen LogP) is 13.2. The molecule has 1 amide bonds. The number of ether oxygens (including phenoxy) is 6. The molecule has 0 heterocycles. The van der Waals surface area contributed by atoms with Crippen molar-refractivity contribution in [2.24, 2.45) is 58.2 Å². The third kappa shape index (κ3) is 15.2. The smallest absolute Gasteiger partial charge is 0.407 e. The lowest BCUT2D eigenvalue weighted by atomic mass is 9.44. The van der Waals surface area contributed by atoms with E-state index in [2.05, 4.69) is 26.1 Å². The van der Waals surface area contributed by atoms with E-state index in [-0.39, 0.29) is 23.4 Å². The van der Waals surface area contributed by atoms with Gasteiger partial charge in [0.05, 0.1) is 18.8 Å². The molecule has 80 heavy (non-hydrogen) atoms. The molecule has 7 rings (SSSR count). The standard InChI is InChI=1S/C66H95NO13/c1-39(24-26-48(58(72)79-63(8,9)10)59(73)80-64(11,12)13)50-28-29-51-47-27-25-41-36-42(30-32-65(41,14)52(47)31-33-66(50,51)15)76-57(71)40(35-55(69)77-61(2,3)4)34-54(68)53(37-56(70)78-62(5,6)7)67-60(74)75-38-49-45-22-18-16-20-43(45)44-21-17-19-23-46(44)49/h16-23,39-42,47-53H,24-38H2,1-15H3,(H,67,74)/t39-,40+,41?,42-,47?,50?,51?,52?,53+,65+,66-/m1/s1. The number of amides is 1. The zero-order chi connectivity index (χ0) is 58.9. The van der Waals surface area contributed by atoms with Crippen molar-refractivity contribution in [1.82, 2.24) is 5.32 Å². The Balaban J connectivity index is 0.999. The molecule has 0 radical (unpaired) electrons. The molecule has 2 aromatic carbocycles. The number of carbonyl (C=O) groups excluding carboxylic acids is 7. The second-order valence-electron chi connectivity index (χ2n) is 28.9. The van der Waals surface area contributed by atoms with Gasteiger partial charge in [0, 0.05) is 12.3 Å². The number of hydrogen-bond acceptors (Lipinski definition) is 13. The number of ketones is 1. The third-order valence-corrected chi connectivity index (χ3v) is 18.4. The minimum absolute atomic E-state index is 0.0243. The van der Waals surface area contributed by atoms with Crippen LogP contribution in [0.4, 0.5) is 4.79 Å². The van der Waals surface area contributed by atoms with Crippen LogP contribution >= 0.6 is 0 Å². The van der Waals surface area contributed by atoms with Gasteiger partial charge in [0.25, 0.3) is 0 Å². The lowest BCUT2D eigenvalue weighted by molar-refractivity contribution is -0.175. The highest BCUT2D eigenvalue weighted by Gasteiger charge is 2.61. The number of hydrogen-bond donors (Lipinski definition) is 1. The fourth-order valence-corrected chi connectivity index (χ4v) is 15.1. The molecule has 0 spiro atoms. The fourth-order valence-electron chi connectivity index (χ4n) is 15.1. The number of fused-ring (bicyclic) bond motifs is 8. The zero-order valence-electron chi connectivity index (χ0n) is 50.9. The number of esters is 5. The average Bonchev–Trinajstić information content (AvgIpc) is 3.96. The second-order valence-corrected chi connectivity index (χ2v) is 28.9. The summed E-state index contributed by atoms with van der Waals surface area (Å²) in [4.78, 5) is 96.4. The van der Waals surface area contributed by atoms with E-state index in [0.717, 1.165) is 73.6 Å². The summed E-state index contributed by atoms with van der Waals surface area (Å²) in [6.45, 7) is 28.4. The van der Waals surface area contributed by atoms with Crippen molar-refractivity contribution >= 4 is 41.7 Å². The molecule has 0 saturated heterocycles. The van der Waals surface area contributed by atoms with E-state index in [4.69, 9.17) is 28.4 Å². The first-order chi connectivity index (χ1) is 37.1. The fraction of sp³-hybridized carbons (Fsp3) is 0.712. The number of Topliss-reactive ketones (excluding diaryl/α,β-unsaturated/α-hetero) is 1. The second kappa shape index (κ2) is 24.3. The number of benzene rings is 2. The van der Waals surface area contributed by atoms with E-state index in [1.165, 1.54) is 0 Å². The molecule has 4 saturated carbocycles. The van der Waals surface area contributed by atoms with Crippen LogP contribution < -0.4 is 5.32 Å². The number of nitrogens with one attached hydrogen (secondary N) is 1. The van der Waals surface area contributed by atoms with Crippen LogP contribution in [0.2, 0.25) is 0 Å². The molecule has 1 N–H and O–H groups in total. The lowest BCUT2D eigenvalue weighted by Crippen LogP contribution is -2.54. The summed E-state index contributed by atoms with van der Waals surface area (Å²) in [5.74, 6) is -3.52. The van der Waals surface area contributed by atoms with E-state index in [0.29, 0.717) is 54.8 Å². The molecular weight excluding hydrogens is 1010 g/mol. The van der Waals surface area contributed by atoms with Gasteiger partial charge in [-0.05, 0) is 222 Å². The first-order valence-electron chi connectivity index (χ1n) is 29.9. The van der Waals surface area contributed by atoms with Gasteiger partial charge in [0.2, 0.25) is 0 Å². The molecule has 0 bridgehead atoms. The Morgan fingerprint density at radius 3 is 1.68 bits per heavy atom. The summed E-state index contributed by atoms with van der Waals surface area (Å²) >= 11 is 0. The molecule has 11 atom stereocenters. The van der Waals surface area contributed by atoms with E-state index < -0.39 is 107 Å². The van der Waals surface area contributed by atoms with Crippen LogP contribution in [0.3, 0.4) is 0 Å². The van der Waals surface area contributed by atoms with E-state index >= 15 is 0 Å². The maximum atomic E-state index is 14.5. The quantitative estimate of drug-likeness (QED) is 0.0845. The molecule has 5 unspecified atom stereocenters. The van der Waals surface area contributed by atoms with E-state index in [9.17, 15) is 33.6 Å². The maximum absolute atomic E-state index is 14.5. The zero-order valence-corrected chi connectivity index (χ0v) is 50.9. The average molecular weight is 1110 g/mol. The molecule has 2 aromatic rings. The third-order valence-electron chi connectivity index (χ3n) is 18.4. The number of rotatable bonds is 18. The van der Waals surface area contributed by atoms with Crippen LogP contribution in [0.25, 0.3) is 11.1 Å². The van der Waals surface area contributed by atoms with Gasteiger partial charge >= 0.3 is 35.9 Å². The number of alkyl carbamates (subject to hydrolysis) is 1. The summed E-state index contributed by atoms with van der Waals surface area (Å²) in [6.07, 6.45) is 7.16. The van der Waals surface area contributed by atoms with E-state index in [1.54, 1.807) is 41.5 Å². The van der Waals surface area contributed by atoms with Gasteiger partial charge in [-0.2, -0.15) is 0 Å². The molecule has 5 aliphatic carbocycles. The van der Waals surface area contributed by atoms with Gasteiger partial charge < -0.3 is 33.7 Å². The van der Waals surface area contributed by atoms with Crippen molar-refractivity contribution in [3.05, 3.63) is 59.7 Å². The van der Waals surface area contributed by atoms with Gasteiger partial charge in [-0.25, -0.2) is 4.79 Å². The van der Waals surface area contributed by atoms with Crippen molar-refractivity contribution in [2.45, 2.75) is 234 Å². The topological polar surface area (TPSA) is 187 Å². The van der Waals surface area contributed by atoms with Crippen LogP contribution in [0.1, 0.15) is 211 Å². The normalized spacial score (nSPS) is 26.6. The Hall–Kier alpha value is -5.27. The van der Waals surface area contributed by atoms with Gasteiger partial charge in [0.1, 0.15) is 41.2 Å². The van der Waals surface area contributed by atoms with E-state index in [1.807, 2.05) is 90.1 Å². The molecule has 442 valence electrons. The molecule has 4 fully saturated rings. The van der Waals surface area contributed by atoms with Gasteiger partial charge in [0.15, 0.2) is 11.7 Å². The van der Waals surface area contributed by atoms with Crippen molar-refractivity contribution in [2.75, 3.05) is 6.61 Å². The van der Waals surface area contributed by atoms with Gasteiger partial charge in [-0.15, -0.1) is 0 Å². The van der Waals surface area contributed by atoms with Crippen molar-refractivity contribution < 1.29 is 62.0 Å². The van der Waals surface area contributed by atoms with Crippen LogP contribution in [0.5, 0.6) is 0 Å². The molecule has 0 aliphatic heterocycles. The Morgan fingerprint density at radius 1 is 0.588 bits per heavy atom. The summed E-state index contributed by atoms with van der Waals surface area (Å²) < 4.78 is 34.9. The van der Waals surface area contributed by atoms with Crippen LogP contribution in [-0.4, -0.2) is 82.9 Å². The SMILES string of the molecule is C[C@H](CCC(C(=O)OC(C)(C)C)C(=O)OC(C)(C)C)C1CCC2C3CCC4C[C@H](OC(=O)[C@H](CC(=O)OC(C)(C)C)CC(=O)[C@H](CC(=O)OC(C)(C)C)NC(=O)OCC5c6ccccc6-c6ccccc65)CC[C@]4(C)C3CC[C@@]21C. The summed E-state index contributed by atoms with van der Waals surface area (Å²) in [5.41, 5.74) is 1.13. The van der Waals surface area contributed by atoms with Crippen molar-refractivity contribution in [3.8, 4) is 11.1 Å². The molecular formula is C66H95NO13. The predicted molar refractivity (Wildman–Crippen MR) is 305 cm³/mol. The summed E-state index contributed by atoms with van der Waals surface area (Å²) in [6, 6.07) is 14.4. The highest BCUT2D eigenvalue weighted by molar-refractivity contribution is 5.95. The van der Waals surface area contributed by atoms with Crippen LogP contribution in [-0.2, 0) is 57.2 Å². The Kier molecular flexibility index (Phi) is 18.9. The van der Waals surface area contributed by atoms with Crippen molar-refractivity contribution in [1.29, 1.82) is 0 Å². The number of carbonyl (C=O) groups is 7. The summed E-state index contributed by atoms with van der Waals surface area (Å²) in [5, 5.41) is 2.62. The van der Waals surface area contributed by atoms with Crippen LogP contribution in [0, 0.1) is 58.2 Å². The maximum Gasteiger partial charge on any atom is 0.407 e. The monoisotopic (exact) mass is 1110 g/mol.